The lowest BCUT2D eigenvalue weighted by atomic mass is 10.00. The number of anilines is 2. The number of fused-ring (bicyclic) bond motifs is 2. The van der Waals surface area contributed by atoms with E-state index in [4.69, 9.17) is 8.83 Å². The molecule has 0 atom stereocenters. The zero-order valence-electron chi connectivity index (χ0n) is 12.8. The van der Waals surface area contributed by atoms with Gasteiger partial charge in [0, 0.05) is 0 Å². The minimum atomic E-state index is 0.778. The first-order chi connectivity index (χ1) is 11.7. The summed E-state index contributed by atoms with van der Waals surface area (Å²) in [6.07, 6.45) is 0. The second-order valence-electron chi connectivity index (χ2n) is 5.59. The van der Waals surface area contributed by atoms with Crippen LogP contribution in [0.1, 0.15) is 11.5 Å². The molecule has 0 saturated heterocycles. The number of nitrogens with zero attached hydrogens (tertiary/aromatic N) is 2. The van der Waals surface area contributed by atoms with E-state index in [1.807, 2.05) is 38.1 Å². The van der Waals surface area contributed by atoms with Gasteiger partial charge in [0.15, 0.2) is 0 Å². The number of furan rings is 2. The van der Waals surface area contributed by atoms with Crippen LogP contribution in [0, 0.1) is 13.8 Å². The molecule has 0 aliphatic carbocycles. The van der Waals surface area contributed by atoms with Gasteiger partial charge in [0.25, 0.3) is 0 Å². The molecule has 24 heavy (non-hydrogen) atoms. The van der Waals surface area contributed by atoms with Crippen molar-refractivity contribution in [2.45, 2.75) is 13.8 Å². The number of rotatable bonds is 2. The summed E-state index contributed by atoms with van der Waals surface area (Å²) in [4.78, 5) is 0. The molecule has 4 heterocycles. The van der Waals surface area contributed by atoms with Gasteiger partial charge in [-0.25, -0.2) is 0 Å². The van der Waals surface area contributed by atoms with Gasteiger partial charge in [0.05, 0.1) is 46.4 Å². The van der Waals surface area contributed by atoms with Crippen molar-refractivity contribution in [2.24, 2.45) is 0 Å². The number of benzene rings is 1. The fourth-order valence-corrected chi connectivity index (χ4v) is 4.18. The van der Waals surface area contributed by atoms with Crippen LogP contribution < -0.4 is 9.44 Å². The Bertz CT molecular complexity index is 997. The molecule has 5 rings (SSSR count). The molecule has 0 spiro atoms. The molecule has 0 amide bonds. The van der Waals surface area contributed by atoms with Gasteiger partial charge in [-0.05, 0) is 38.1 Å². The van der Waals surface area contributed by atoms with Crippen molar-refractivity contribution in [1.29, 1.82) is 0 Å². The summed E-state index contributed by atoms with van der Waals surface area (Å²) in [7, 11) is 0. The second kappa shape index (κ2) is 5.02. The monoisotopic (exact) mass is 356 g/mol. The smallest absolute Gasteiger partial charge is 0.138 e. The molecule has 0 unspecified atom stereocenters. The molecule has 0 radical (unpaired) electrons. The molecule has 2 N–H and O–H groups in total. The second-order valence-corrected chi connectivity index (χ2v) is 6.73. The minimum Gasteiger partial charge on any atom is -0.461 e. The van der Waals surface area contributed by atoms with Crippen LogP contribution in [-0.4, -0.2) is 8.75 Å². The molecule has 8 heteroatoms. The van der Waals surface area contributed by atoms with E-state index in [0.29, 0.717) is 0 Å². The Morgan fingerprint density at radius 2 is 1.29 bits per heavy atom. The van der Waals surface area contributed by atoms with Crippen LogP contribution >= 0.6 is 23.9 Å². The van der Waals surface area contributed by atoms with Gasteiger partial charge in [-0.15, -0.1) is 0 Å². The first kappa shape index (κ1) is 13.9. The van der Waals surface area contributed by atoms with Crippen molar-refractivity contribution in [3.8, 4) is 22.6 Å². The van der Waals surface area contributed by atoms with Gasteiger partial charge >= 0.3 is 0 Å². The van der Waals surface area contributed by atoms with Gasteiger partial charge in [0.2, 0.25) is 0 Å². The van der Waals surface area contributed by atoms with Crippen LogP contribution in [0.4, 0.5) is 11.4 Å². The van der Waals surface area contributed by atoms with E-state index in [0.717, 1.165) is 56.6 Å². The van der Waals surface area contributed by atoms with Crippen LogP contribution in [-0.2, 0) is 0 Å². The van der Waals surface area contributed by atoms with E-state index < -0.39 is 0 Å². The highest BCUT2D eigenvalue weighted by Crippen LogP contribution is 2.51. The SMILES string of the molecule is Cc1ccc(-c2c3c(c(-c4ccc(C)o4)c4nsnc24)NSN3)o1. The summed E-state index contributed by atoms with van der Waals surface area (Å²) in [6.45, 7) is 3.86. The molecular formula is C16H12N4O2S2. The van der Waals surface area contributed by atoms with Gasteiger partial charge in [-0.2, -0.15) is 8.75 Å². The van der Waals surface area contributed by atoms with Crippen molar-refractivity contribution in [3.05, 3.63) is 35.8 Å². The normalized spacial score (nSPS) is 13.1. The molecule has 1 aliphatic rings. The van der Waals surface area contributed by atoms with E-state index in [2.05, 4.69) is 18.2 Å². The van der Waals surface area contributed by atoms with Gasteiger partial charge < -0.3 is 18.3 Å². The summed E-state index contributed by atoms with van der Waals surface area (Å²) >= 11 is 2.60. The molecule has 0 fully saturated rings. The third-order valence-corrected chi connectivity index (χ3v) is 5.13. The number of aryl methyl sites for hydroxylation is 2. The number of nitrogens with one attached hydrogen (secondary N) is 2. The number of hydrogen-bond acceptors (Lipinski definition) is 8. The molecule has 0 saturated carbocycles. The maximum absolute atomic E-state index is 5.86. The predicted octanol–water partition coefficient (Wildman–Crippen LogP) is 5.23. The first-order valence-corrected chi connectivity index (χ1v) is 8.91. The Morgan fingerprint density at radius 3 is 1.71 bits per heavy atom. The summed E-state index contributed by atoms with van der Waals surface area (Å²) < 4.78 is 27.4. The molecule has 1 aliphatic heterocycles. The highest BCUT2D eigenvalue weighted by atomic mass is 32.2. The molecule has 1 aromatic carbocycles. The lowest BCUT2D eigenvalue weighted by Crippen LogP contribution is -1.91. The average molecular weight is 356 g/mol. The summed E-state index contributed by atoms with van der Waals surface area (Å²) in [5.41, 5.74) is 5.36. The van der Waals surface area contributed by atoms with Crippen LogP contribution in [0.3, 0.4) is 0 Å². The van der Waals surface area contributed by atoms with Crippen LogP contribution in [0.15, 0.2) is 33.1 Å². The van der Waals surface area contributed by atoms with E-state index in [1.54, 1.807) is 0 Å². The third kappa shape index (κ3) is 1.90. The lowest BCUT2D eigenvalue weighted by molar-refractivity contribution is 0.548. The fourth-order valence-electron chi connectivity index (χ4n) is 2.95. The quantitative estimate of drug-likeness (QED) is 0.476. The van der Waals surface area contributed by atoms with E-state index in [1.165, 1.54) is 23.9 Å². The molecule has 0 bridgehead atoms. The Hall–Kier alpha value is -2.45. The van der Waals surface area contributed by atoms with E-state index in [-0.39, 0.29) is 0 Å². The predicted molar refractivity (Wildman–Crippen MR) is 97.1 cm³/mol. The molecule has 3 aromatic heterocycles. The summed E-state index contributed by atoms with van der Waals surface area (Å²) in [5, 5.41) is 0. The van der Waals surface area contributed by atoms with Crippen LogP contribution in [0.5, 0.6) is 0 Å². The highest BCUT2D eigenvalue weighted by molar-refractivity contribution is 8.02. The van der Waals surface area contributed by atoms with Crippen molar-refractivity contribution >= 4 is 46.3 Å². The first-order valence-electron chi connectivity index (χ1n) is 7.36. The van der Waals surface area contributed by atoms with Crippen molar-refractivity contribution in [1.82, 2.24) is 8.75 Å². The Kier molecular flexibility index (Phi) is 2.92. The zero-order chi connectivity index (χ0) is 16.3. The average Bonchev–Trinajstić information content (AvgIpc) is 3.31. The third-order valence-electron chi connectivity index (χ3n) is 3.99. The summed E-state index contributed by atoms with van der Waals surface area (Å²) in [6, 6.07) is 7.83. The topological polar surface area (TPSA) is 76.1 Å². The molecular weight excluding hydrogens is 344 g/mol. The van der Waals surface area contributed by atoms with E-state index in [9.17, 15) is 0 Å². The molecule has 6 nitrogen and oxygen atoms in total. The van der Waals surface area contributed by atoms with Crippen molar-refractivity contribution in [2.75, 3.05) is 9.44 Å². The zero-order valence-corrected chi connectivity index (χ0v) is 14.5. The Balaban J connectivity index is 1.89. The standard InChI is InChI=1S/C16H12N4O2S2/c1-7-3-5-9(21-7)11-13-15(19-23-17-13)12(10-6-4-8(2)22-10)16-14(11)18-24-20-16/h3-6,17,19H,1-2H3. The van der Waals surface area contributed by atoms with Crippen LogP contribution in [0.2, 0.25) is 0 Å². The van der Waals surface area contributed by atoms with Crippen molar-refractivity contribution in [3.63, 3.8) is 0 Å². The number of hydrogen-bond donors (Lipinski definition) is 2. The van der Waals surface area contributed by atoms with Gasteiger partial charge in [0.1, 0.15) is 34.1 Å². The maximum atomic E-state index is 5.86. The Labute approximate surface area is 145 Å². The molecule has 4 aromatic rings. The summed E-state index contributed by atoms with van der Waals surface area (Å²) in [5.74, 6) is 3.28. The fraction of sp³-hybridized carbons (Fsp3) is 0.125. The van der Waals surface area contributed by atoms with Crippen molar-refractivity contribution < 1.29 is 8.83 Å². The van der Waals surface area contributed by atoms with Gasteiger partial charge in [-0.1, -0.05) is 0 Å². The minimum absolute atomic E-state index is 0.778. The maximum Gasteiger partial charge on any atom is 0.138 e. The highest BCUT2D eigenvalue weighted by Gasteiger charge is 2.30. The van der Waals surface area contributed by atoms with E-state index >= 15 is 0 Å². The Morgan fingerprint density at radius 1 is 0.792 bits per heavy atom. The van der Waals surface area contributed by atoms with Crippen LogP contribution in [0.25, 0.3) is 33.7 Å². The largest absolute Gasteiger partial charge is 0.461 e. The molecule has 120 valence electrons. The van der Waals surface area contributed by atoms with Gasteiger partial charge in [-0.3, -0.25) is 0 Å². The number of aromatic nitrogens is 2. The lowest BCUT2D eigenvalue weighted by Gasteiger charge is -2.10.